The third-order valence-electron chi connectivity index (χ3n) is 5.23. The van der Waals surface area contributed by atoms with Gasteiger partial charge >= 0.3 is 0 Å². The van der Waals surface area contributed by atoms with Crippen molar-refractivity contribution in [3.05, 3.63) is 48.0 Å². The number of ketones is 2. The number of benzene rings is 1. The minimum absolute atomic E-state index is 0.0401. The van der Waals surface area contributed by atoms with Gasteiger partial charge in [-0.3, -0.25) is 14.4 Å². The smallest absolute Gasteiger partial charge is 0.223 e. The van der Waals surface area contributed by atoms with E-state index in [1.54, 1.807) is 6.08 Å². The molecule has 0 saturated carbocycles. The van der Waals surface area contributed by atoms with E-state index in [9.17, 15) is 14.4 Å². The molecule has 1 aromatic rings. The van der Waals surface area contributed by atoms with E-state index in [2.05, 4.69) is 0 Å². The van der Waals surface area contributed by atoms with E-state index in [1.807, 2.05) is 48.2 Å². The van der Waals surface area contributed by atoms with Gasteiger partial charge in [-0.15, -0.1) is 0 Å². The molecule has 1 aromatic carbocycles. The fraction of sp³-hybridized carbons (Fsp3) is 0.542. The summed E-state index contributed by atoms with van der Waals surface area (Å²) in [5, 5.41) is 0. The van der Waals surface area contributed by atoms with Crippen LogP contribution in [-0.4, -0.2) is 35.0 Å². The Hall–Kier alpha value is -2.23. The van der Waals surface area contributed by atoms with E-state index in [0.29, 0.717) is 31.5 Å². The number of likely N-dealkylation sites (tertiary alicyclic amines) is 1. The first-order valence-electron chi connectivity index (χ1n) is 10.7. The molecule has 0 aliphatic carbocycles. The van der Waals surface area contributed by atoms with Crippen molar-refractivity contribution in [1.82, 2.24) is 4.90 Å². The summed E-state index contributed by atoms with van der Waals surface area (Å²) in [7, 11) is 0. The second-order valence-corrected chi connectivity index (χ2v) is 7.63. The van der Waals surface area contributed by atoms with Crippen molar-refractivity contribution in [1.29, 1.82) is 0 Å². The molecular weight excluding hydrogens is 350 g/mol. The van der Waals surface area contributed by atoms with Crippen molar-refractivity contribution < 1.29 is 14.4 Å². The number of allylic oxidation sites excluding steroid dienone is 1. The van der Waals surface area contributed by atoms with Crippen LogP contribution in [-0.2, 0) is 20.8 Å². The van der Waals surface area contributed by atoms with E-state index < -0.39 is 0 Å². The lowest BCUT2D eigenvalue weighted by atomic mass is 10.1. The molecule has 0 spiro atoms. The molecular formula is C24H33NO3. The topological polar surface area (TPSA) is 54.5 Å². The lowest BCUT2D eigenvalue weighted by Crippen LogP contribution is -2.32. The molecule has 4 nitrogen and oxygen atoms in total. The van der Waals surface area contributed by atoms with Gasteiger partial charge in [0.25, 0.3) is 0 Å². The van der Waals surface area contributed by atoms with Crippen molar-refractivity contribution in [2.24, 2.45) is 0 Å². The van der Waals surface area contributed by atoms with Crippen LogP contribution >= 0.6 is 0 Å². The van der Waals surface area contributed by atoms with Crippen LogP contribution in [0.2, 0.25) is 0 Å². The summed E-state index contributed by atoms with van der Waals surface area (Å²) in [4.78, 5) is 37.8. The van der Waals surface area contributed by atoms with Crippen LogP contribution in [0.1, 0.15) is 70.3 Å². The molecule has 0 N–H and O–H groups in total. The number of Topliss-reactive ketones (excluding diaryl/α,β-unsaturated/α-hetero) is 1. The number of hydrogen-bond donors (Lipinski definition) is 0. The van der Waals surface area contributed by atoms with Crippen molar-refractivity contribution >= 4 is 17.5 Å². The van der Waals surface area contributed by atoms with Gasteiger partial charge in [-0.25, -0.2) is 0 Å². The number of hydrogen-bond acceptors (Lipinski definition) is 3. The van der Waals surface area contributed by atoms with Crippen LogP contribution < -0.4 is 0 Å². The van der Waals surface area contributed by atoms with Gasteiger partial charge in [-0.2, -0.15) is 0 Å². The summed E-state index contributed by atoms with van der Waals surface area (Å²) in [6.07, 6.45) is 11.6. The molecule has 4 heteroatoms. The van der Waals surface area contributed by atoms with Crippen molar-refractivity contribution in [2.75, 3.05) is 6.54 Å². The highest BCUT2D eigenvalue weighted by atomic mass is 16.2. The zero-order chi connectivity index (χ0) is 20.2. The van der Waals surface area contributed by atoms with E-state index in [1.165, 1.54) is 0 Å². The third kappa shape index (κ3) is 7.79. The van der Waals surface area contributed by atoms with Crippen LogP contribution in [0, 0.1) is 0 Å². The summed E-state index contributed by atoms with van der Waals surface area (Å²) in [5.41, 5.74) is 1.01. The molecule has 0 aromatic heterocycles. The number of unbranched alkanes of at least 4 members (excludes halogenated alkanes) is 3. The maximum Gasteiger partial charge on any atom is 0.223 e. The number of carbonyl (C=O) groups excluding carboxylic acids is 3. The summed E-state index contributed by atoms with van der Waals surface area (Å²) in [6.45, 7) is 2.77. The first kappa shape index (κ1) is 22.1. The average Bonchev–Trinajstić information content (AvgIpc) is 3.03. The Morgan fingerprint density at radius 2 is 1.82 bits per heavy atom. The van der Waals surface area contributed by atoms with Gasteiger partial charge in [0.05, 0.1) is 6.04 Å². The molecule has 0 bridgehead atoms. The molecule has 0 unspecified atom stereocenters. The fourth-order valence-corrected chi connectivity index (χ4v) is 3.68. The first-order chi connectivity index (χ1) is 13.6. The summed E-state index contributed by atoms with van der Waals surface area (Å²) < 4.78 is 0. The molecule has 1 aliphatic rings. The van der Waals surface area contributed by atoms with Gasteiger partial charge in [0.2, 0.25) is 5.91 Å². The fourth-order valence-electron chi connectivity index (χ4n) is 3.68. The Kier molecular flexibility index (Phi) is 9.67. The molecule has 0 radical (unpaired) electrons. The maximum atomic E-state index is 12.2. The van der Waals surface area contributed by atoms with Crippen LogP contribution in [0.4, 0.5) is 0 Å². The predicted molar refractivity (Wildman–Crippen MR) is 112 cm³/mol. The lowest BCUT2D eigenvalue weighted by molar-refractivity contribution is -0.128. The Morgan fingerprint density at radius 1 is 1.07 bits per heavy atom. The van der Waals surface area contributed by atoms with Crippen molar-refractivity contribution in [3.8, 4) is 0 Å². The minimum atomic E-state index is 0.0401. The van der Waals surface area contributed by atoms with Crippen LogP contribution in [0.25, 0.3) is 0 Å². The molecule has 1 aliphatic heterocycles. The zero-order valence-electron chi connectivity index (χ0n) is 17.1. The normalized spacial score (nSPS) is 16.8. The molecule has 2 rings (SSSR count). The number of carbonyl (C=O) groups is 3. The summed E-state index contributed by atoms with van der Waals surface area (Å²) in [5.74, 6) is 0.619. The van der Waals surface area contributed by atoms with Crippen LogP contribution in [0.15, 0.2) is 42.5 Å². The maximum absolute atomic E-state index is 12.2. The second-order valence-electron chi connectivity index (χ2n) is 7.63. The Bertz CT molecular complexity index is 666. The predicted octanol–water partition coefficient (Wildman–Crippen LogP) is 4.67. The van der Waals surface area contributed by atoms with Crippen molar-refractivity contribution in [2.45, 2.75) is 77.2 Å². The Balaban J connectivity index is 1.70. The highest BCUT2D eigenvalue weighted by Crippen LogP contribution is 2.21. The molecule has 1 heterocycles. The second kappa shape index (κ2) is 12.3. The van der Waals surface area contributed by atoms with E-state index in [0.717, 1.165) is 50.6 Å². The quantitative estimate of drug-likeness (QED) is 0.367. The summed E-state index contributed by atoms with van der Waals surface area (Å²) >= 11 is 0. The van der Waals surface area contributed by atoms with Gasteiger partial charge in [-0.05, 0) is 37.3 Å². The molecule has 1 amide bonds. The van der Waals surface area contributed by atoms with Gasteiger partial charge in [0, 0.05) is 32.2 Å². The van der Waals surface area contributed by atoms with E-state index in [4.69, 9.17) is 0 Å². The van der Waals surface area contributed by atoms with E-state index >= 15 is 0 Å². The van der Waals surface area contributed by atoms with Crippen LogP contribution in [0.5, 0.6) is 0 Å². The molecule has 1 fully saturated rings. The number of amides is 1. The van der Waals surface area contributed by atoms with Gasteiger partial charge in [-0.1, -0.05) is 56.2 Å². The molecule has 1 saturated heterocycles. The Labute approximate surface area is 169 Å². The third-order valence-corrected chi connectivity index (χ3v) is 5.23. The van der Waals surface area contributed by atoms with Gasteiger partial charge in [0.1, 0.15) is 5.78 Å². The highest BCUT2D eigenvalue weighted by molar-refractivity contribution is 5.91. The zero-order valence-corrected chi connectivity index (χ0v) is 17.1. The lowest BCUT2D eigenvalue weighted by Gasteiger charge is -2.22. The Morgan fingerprint density at radius 3 is 2.57 bits per heavy atom. The van der Waals surface area contributed by atoms with Gasteiger partial charge < -0.3 is 4.90 Å². The SMILES string of the molecule is CCCC(=O)CCCCCCN1C(=O)CC[C@@H]1/C=C/C(=O)Cc1ccccc1. The highest BCUT2D eigenvalue weighted by Gasteiger charge is 2.28. The molecule has 152 valence electrons. The monoisotopic (exact) mass is 383 g/mol. The van der Waals surface area contributed by atoms with Crippen LogP contribution in [0.3, 0.4) is 0 Å². The van der Waals surface area contributed by atoms with E-state index in [-0.39, 0.29) is 17.7 Å². The number of rotatable bonds is 13. The summed E-state index contributed by atoms with van der Waals surface area (Å²) in [6, 6.07) is 9.75. The number of nitrogens with zero attached hydrogens (tertiary/aromatic N) is 1. The molecule has 1 atom stereocenters. The molecule has 28 heavy (non-hydrogen) atoms. The average molecular weight is 384 g/mol. The van der Waals surface area contributed by atoms with Crippen molar-refractivity contribution in [3.63, 3.8) is 0 Å². The van der Waals surface area contributed by atoms with Gasteiger partial charge in [0.15, 0.2) is 5.78 Å². The largest absolute Gasteiger partial charge is 0.336 e. The minimum Gasteiger partial charge on any atom is -0.336 e. The first-order valence-corrected chi connectivity index (χ1v) is 10.7. The standard InChI is InChI=1S/C24H33NO3/c1-2-10-22(26)13-8-3-4-9-18-25-21(15-17-24(25)28)14-16-23(27)19-20-11-6-5-7-12-20/h5-7,11-12,14,16,21H,2-4,8-10,13,15,17-19H2,1H3/b16-14+/t21-/m0/s1.